The number of rotatable bonds is 2. The van der Waals surface area contributed by atoms with Crippen molar-refractivity contribution in [2.75, 3.05) is 13.1 Å². The minimum atomic E-state index is -2.54. The van der Waals surface area contributed by atoms with Gasteiger partial charge in [-0.1, -0.05) is 20.8 Å². The van der Waals surface area contributed by atoms with Crippen LogP contribution >= 0.6 is 0 Å². The maximum atomic E-state index is 12.9. The molecule has 0 N–H and O–H groups in total. The predicted octanol–water partition coefficient (Wildman–Crippen LogP) is 2.93. The van der Waals surface area contributed by atoms with E-state index in [1.54, 1.807) is 0 Å². The summed E-state index contributed by atoms with van der Waals surface area (Å²) in [4.78, 5) is 14.0. The lowest BCUT2D eigenvalue weighted by Crippen LogP contribution is -2.47. The van der Waals surface area contributed by atoms with Crippen molar-refractivity contribution < 1.29 is 13.6 Å². The fourth-order valence-corrected chi connectivity index (χ4v) is 4.13. The Morgan fingerprint density at radius 1 is 1.17 bits per heavy atom. The number of nitrogens with zero attached hydrogens (tertiary/aromatic N) is 1. The van der Waals surface area contributed by atoms with Gasteiger partial charge in [0.1, 0.15) is 0 Å². The summed E-state index contributed by atoms with van der Waals surface area (Å²) in [5.41, 5.74) is -0.0763. The SMILES string of the molecule is CC1(CC(=O)N2CC3C(C2)C3(C)C)CC(F)(F)C1. The number of piperidine rings is 1. The van der Waals surface area contributed by atoms with Crippen molar-refractivity contribution in [3.05, 3.63) is 0 Å². The van der Waals surface area contributed by atoms with E-state index in [0.717, 1.165) is 13.1 Å². The van der Waals surface area contributed by atoms with Crippen molar-refractivity contribution in [2.24, 2.45) is 22.7 Å². The van der Waals surface area contributed by atoms with E-state index in [0.29, 0.717) is 23.7 Å². The van der Waals surface area contributed by atoms with Crippen molar-refractivity contribution in [3.8, 4) is 0 Å². The Balaban J connectivity index is 1.53. The second-order valence-corrected chi connectivity index (χ2v) is 7.53. The molecule has 1 heterocycles. The molecule has 18 heavy (non-hydrogen) atoms. The van der Waals surface area contributed by atoms with Crippen LogP contribution < -0.4 is 0 Å². The summed E-state index contributed by atoms with van der Waals surface area (Å²) in [6, 6.07) is 0. The molecular formula is C14H21F2NO. The molecule has 0 spiro atoms. The van der Waals surface area contributed by atoms with Gasteiger partial charge in [-0.15, -0.1) is 0 Å². The van der Waals surface area contributed by atoms with Gasteiger partial charge < -0.3 is 4.90 Å². The molecule has 0 aromatic heterocycles. The fraction of sp³-hybridized carbons (Fsp3) is 0.929. The molecule has 0 radical (unpaired) electrons. The highest BCUT2D eigenvalue weighted by atomic mass is 19.3. The van der Waals surface area contributed by atoms with E-state index in [-0.39, 0.29) is 18.7 Å². The van der Waals surface area contributed by atoms with Crippen molar-refractivity contribution in [1.82, 2.24) is 4.90 Å². The van der Waals surface area contributed by atoms with Gasteiger partial charge in [0.2, 0.25) is 11.8 Å². The minimum Gasteiger partial charge on any atom is -0.342 e. The molecule has 1 saturated heterocycles. The summed E-state index contributed by atoms with van der Waals surface area (Å²) in [5.74, 6) is -1.19. The monoisotopic (exact) mass is 257 g/mol. The highest BCUT2D eigenvalue weighted by Crippen LogP contribution is 2.62. The van der Waals surface area contributed by atoms with Gasteiger partial charge in [0.25, 0.3) is 0 Å². The summed E-state index contributed by atoms with van der Waals surface area (Å²) >= 11 is 0. The number of halogens is 2. The summed E-state index contributed by atoms with van der Waals surface area (Å²) < 4.78 is 25.8. The molecule has 4 heteroatoms. The normalized spacial score (nSPS) is 37.9. The third-order valence-electron chi connectivity index (χ3n) is 5.42. The van der Waals surface area contributed by atoms with Crippen molar-refractivity contribution in [3.63, 3.8) is 0 Å². The van der Waals surface area contributed by atoms with E-state index in [1.165, 1.54) is 0 Å². The summed E-state index contributed by atoms with van der Waals surface area (Å²) in [7, 11) is 0. The first-order valence-corrected chi connectivity index (χ1v) is 6.79. The first-order valence-electron chi connectivity index (χ1n) is 6.79. The van der Waals surface area contributed by atoms with Crippen LogP contribution in [0.5, 0.6) is 0 Å². The number of amides is 1. The zero-order chi connectivity index (χ0) is 13.3. The van der Waals surface area contributed by atoms with Gasteiger partial charge in [-0.25, -0.2) is 8.78 Å². The van der Waals surface area contributed by atoms with Crippen LogP contribution in [0.25, 0.3) is 0 Å². The molecule has 2 atom stereocenters. The average molecular weight is 257 g/mol. The third-order valence-corrected chi connectivity index (χ3v) is 5.42. The molecule has 0 aromatic rings. The van der Waals surface area contributed by atoms with Crippen LogP contribution in [-0.4, -0.2) is 29.8 Å². The Kier molecular flexibility index (Phi) is 2.24. The van der Waals surface area contributed by atoms with E-state index in [1.807, 2.05) is 11.8 Å². The molecule has 102 valence electrons. The van der Waals surface area contributed by atoms with Gasteiger partial charge in [-0.05, 0) is 22.7 Å². The second kappa shape index (κ2) is 3.26. The van der Waals surface area contributed by atoms with E-state index >= 15 is 0 Å². The zero-order valence-corrected chi connectivity index (χ0v) is 11.3. The quantitative estimate of drug-likeness (QED) is 0.745. The molecule has 0 aromatic carbocycles. The Morgan fingerprint density at radius 2 is 1.67 bits per heavy atom. The Bertz CT molecular complexity index is 383. The fourth-order valence-electron chi connectivity index (χ4n) is 4.13. The zero-order valence-electron chi connectivity index (χ0n) is 11.3. The van der Waals surface area contributed by atoms with Crippen LogP contribution in [0.15, 0.2) is 0 Å². The first kappa shape index (κ1) is 12.4. The number of carbonyl (C=O) groups excluding carboxylic acids is 1. The molecule has 2 aliphatic carbocycles. The lowest BCUT2D eigenvalue weighted by Gasteiger charge is -2.45. The maximum absolute atomic E-state index is 12.9. The number of likely N-dealkylation sites (tertiary alicyclic amines) is 1. The van der Waals surface area contributed by atoms with Crippen molar-refractivity contribution >= 4 is 5.91 Å². The van der Waals surface area contributed by atoms with Gasteiger partial charge in [0, 0.05) is 32.4 Å². The van der Waals surface area contributed by atoms with E-state index in [9.17, 15) is 13.6 Å². The van der Waals surface area contributed by atoms with Crippen LogP contribution in [0, 0.1) is 22.7 Å². The minimum absolute atomic E-state index is 0.0796. The standard InChI is InChI=1S/C14H21F2NO/c1-12(2)9-5-17(6-10(9)12)11(18)4-13(3)7-14(15,16)8-13/h9-10H,4-8H2,1-3H3. The molecule has 1 aliphatic heterocycles. The third kappa shape index (κ3) is 1.76. The molecule has 2 saturated carbocycles. The van der Waals surface area contributed by atoms with Gasteiger partial charge >= 0.3 is 0 Å². The van der Waals surface area contributed by atoms with Crippen molar-refractivity contribution in [1.29, 1.82) is 0 Å². The number of carbonyl (C=O) groups is 1. The maximum Gasteiger partial charge on any atom is 0.249 e. The lowest BCUT2D eigenvalue weighted by atomic mass is 9.65. The number of hydrogen-bond donors (Lipinski definition) is 0. The number of hydrogen-bond acceptors (Lipinski definition) is 1. The molecule has 2 unspecified atom stereocenters. The molecule has 1 amide bonds. The van der Waals surface area contributed by atoms with E-state index < -0.39 is 11.3 Å². The smallest absolute Gasteiger partial charge is 0.249 e. The van der Waals surface area contributed by atoms with E-state index in [2.05, 4.69) is 13.8 Å². The van der Waals surface area contributed by atoms with Gasteiger partial charge in [0.05, 0.1) is 0 Å². The van der Waals surface area contributed by atoms with Crippen molar-refractivity contribution in [2.45, 2.75) is 46.0 Å². The predicted molar refractivity (Wildman–Crippen MR) is 64.2 cm³/mol. The first-order chi connectivity index (χ1) is 8.13. The second-order valence-electron chi connectivity index (χ2n) is 7.53. The Labute approximate surface area is 107 Å². The van der Waals surface area contributed by atoms with Gasteiger partial charge in [-0.3, -0.25) is 4.79 Å². The summed E-state index contributed by atoms with van der Waals surface area (Å²) in [5, 5.41) is 0. The van der Waals surface area contributed by atoms with Crippen LogP contribution in [0.1, 0.15) is 40.0 Å². The molecule has 2 nitrogen and oxygen atoms in total. The Hall–Kier alpha value is -0.670. The Morgan fingerprint density at radius 3 is 2.11 bits per heavy atom. The van der Waals surface area contributed by atoms with Crippen LogP contribution in [0.2, 0.25) is 0 Å². The molecule has 3 rings (SSSR count). The van der Waals surface area contributed by atoms with Crippen LogP contribution in [0.3, 0.4) is 0 Å². The molecule has 0 bridgehead atoms. The van der Waals surface area contributed by atoms with Crippen LogP contribution in [-0.2, 0) is 4.79 Å². The lowest BCUT2D eigenvalue weighted by molar-refractivity contribution is -0.166. The van der Waals surface area contributed by atoms with Gasteiger partial charge in [-0.2, -0.15) is 0 Å². The highest BCUT2D eigenvalue weighted by Gasteiger charge is 2.63. The summed E-state index contributed by atoms with van der Waals surface area (Å²) in [6.07, 6.45) is 0.0400. The number of alkyl halides is 2. The molecule has 3 fully saturated rings. The van der Waals surface area contributed by atoms with E-state index in [4.69, 9.17) is 0 Å². The molecule has 3 aliphatic rings. The largest absolute Gasteiger partial charge is 0.342 e. The van der Waals surface area contributed by atoms with Gasteiger partial charge in [0.15, 0.2) is 0 Å². The number of fused-ring (bicyclic) bond motifs is 1. The highest BCUT2D eigenvalue weighted by molar-refractivity contribution is 5.77. The summed E-state index contributed by atoms with van der Waals surface area (Å²) in [6.45, 7) is 7.98. The molecular weight excluding hydrogens is 236 g/mol. The topological polar surface area (TPSA) is 20.3 Å². The average Bonchev–Trinajstić information content (AvgIpc) is 2.60. The van der Waals surface area contributed by atoms with Crippen LogP contribution in [0.4, 0.5) is 8.78 Å².